The SMILES string of the molecule is O=C(O)CC1=Cc2ccccc2S1(=O)=O. The van der Waals surface area contributed by atoms with Gasteiger partial charge in [-0.25, -0.2) is 8.42 Å². The zero-order chi connectivity index (χ0) is 11.1. The van der Waals surface area contributed by atoms with Gasteiger partial charge < -0.3 is 5.11 Å². The van der Waals surface area contributed by atoms with Crippen LogP contribution >= 0.6 is 0 Å². The molecule has 0 amide bonds. The molecule has 0 aromatic heterocycles. The summed E-state index contributed by atoms with van der Waals surface area (Å²) < 4.78 is 23.6. The van der Waals surface area contributed by atoms with Crippen LogP contribution in [0.15, 0.2) is 34.1 Å². The van der Waals surface area contributed by atoms with Crippen LogP contribution in [0.25, 0.3) is 6.08 Å². The molecule has 0 aliphatic carbocycles. The molecule has 2 rings (SSSR count). The van der Waals surface area contributed by atoms with E-state index < -0.39 is 22.2 Å². The van der Waals surface area contributed by atoms with Gasteiger partial charge in [0.2, 0.25) is 9.84 Å². The van der Waals surface area contributed by atoms with E-state index in [4.69, 9.17) is 5.11 Å². The minimum Gasteiger partial charge on any atom is -0.481 e. The molecule has 1 aliphatic heterocycles. The summed E-state index contributed by atoms with van der Waals surface area (Å²) in [5, 5.41) is 8.58. The van der Waals surface area contributed by atoms with Crippen molar-refractivity contribution in [3.8, 4) is 0 Å². The Labute approximate surface area is 86.8 Å². The van der Waals surface area contributed by atoms with Crippen LogP contribution in [0.4, 0.5) is 0 Å². The molecule has 0 unspecified atom stereocenters. The van der Waals surface area contributed by atoms with Crippen molar-refractivity contribution in [1.82, 2.24) is 0 Å². The van der Waals surface area contributed by atoms with E-state index >= 15 is 0 Å². The summed E-state index contributed by atoms with van der Waals surface area (Å²) in [5.74, 6) is -1.14. The second-order valence-corrected chi connectivity index (χ2v) is 5.19. The Hall–Kier alpha value is -1.62. The summed E-state index contributed by atoms with van der Waals surface area (Å²) >= 11 is 0. The van der Waals surface area contributed by atoms with Gasteiger partial charge in [-0.3, -0.25) is 4.79 Å². The zero-order valence-corrected chi connectivity index (χ0v) is 8.49. The molecule has 5 heteroatoms. The number of aliphatic carboxylic acids is 1. The van der Waals surface area contributed by atoms with Crippen molar-refractivity contribution in [3.63, 3.8) is 0 Å². The molecule has 1 aromatic carbocycles. The standard InChI is InChI=1S/C10H8O4S/c11-10(12)6-8-5-7-3-1-2-4-9(7)15(8,13)14/h1-5H,6H2,(H,11,12). The Morgan fingerprint density at radius 3 is 2.53 bits per heavy atom. The lowest BCUT2D eigenvalue weighted by molar-refractivity contribution is -0.136. The van der Waals surface area contributed by atoms with Crippen LogP contribution in [0.1, 0.15) is 12.0 Å². The lowest BCUT2D eigenvalue weighted by Crippen LogP contribution is -2.05. The van der Waals surface area contributed by atoms with Crippen molar-refractivity contribution in [2.75, 3.05) is 0 Å². The first-order valence-electron chi connectivity index (χ1n) is 4.28. The van der Waals surface area contributed by atoms with Crippen molar-refractivity contribution in [2.24, 2.45) is 0 Å². The Morgan fingerprint density at radius 2 is 1.93 bits per heavy atom. The highest BCUT2D eigenvalue weighted by Crippen LogP contribution is 2.33. The lowest BCUT2D eigenvalue weighted by atomic mass is 10.2. The summed E-state index contributed by atoms with van der Waals surface area (Å²) in [6, 6.07) is 6.47. The molecular weight excluding hydrogens is 216 g/mol. The molecule has 0 radical (unpaired) electrons. The maximum absolute atomic E-state index is 11.8. The lowest BCUT2D eigenvalue weighted by Gasteiger charge is -1.99. The van der Waals surface area contributed by atoms with E-state index in [2.05, 4.69) is 0 Å². The molecule has 15 heavy (non-hydrogen) atoms. The molecule has 1 aromatic rings. The highest BCUT2D eigenvalue weighted by Gasteiger charge is 2.30. The quantitative estimate of drug-likeness (QED) is 0.821. The van der Waals surface area contributed by atoms with E-state index in [1.807, 2.05) is 0 Å². The first-order valence-corrected chi connectivity index (χ1v) is 5.76. The summed E-state index contributed by atoms with van der Waals surface area (Å²) in [7, 11) is -3.56. The van der Waals surface area contributed by atoms with Crippen LogP contribution in [0.5, 0.6) is 0 Å². The second kappa shape index (κ2) is 3.20. The molecular formula is C10H8O4S. The third kappa shape index (κ3) is 1.55. The molecule has 0 saturated heterocycles. The molecule has 78 valence electrons. The normalized spacial score (nSPS) is 16.9. The number of hydrogen-bond acceptors (Lipinski definition) is 3. The fourth-order valence-electron chi connectivity index (χ4n) is 1.53. The number of carboxylic acid groups (broad SMARTS) is 1. The highest BCUT2D eigenvalue weighted by molar-refractivity contribution is 7.95. The average molecular weight is 224 g/mol. The smallest absolute Gasteiger partial charge is 0.308 e. The van der Waals surface area contributed by atoms with E-state index in [0.29, 0.717) is 5.56 Å². The Bertz CT molecular complexity index is 555. The number of benzene rings is 1. The summed E-state index contributed by atoms with van der Waals surface area (Å²) in [6.45, 7) is 0. The number of carbonyl (C=O) groups is 1. The van der Waals surface area contributed by atoms with Gasteiger partial charge in [0, 0.05) is 0 Å². The van der Waals surface area contributed by atoms with Crippen molar-refractivity contribution >= 4 is 21.9 Å². The van der Waals surface area contributed by atoms with Gasteiger partial charge in [-0.15, -0.1) is 0 Å². The Morgan fingerprint density at radius 1 is 1.27 bits per heavy atom. The average Bonchev–Trinajstić information content (AvgIpc) is 2.39. The topological polar surface area (TPSA) is 71.4 Å². The largest absolute Gasteiger partial charge is 0.481 e. The third-order valence-electron chi connectivity index (χ3n) is 2.20. The fraction of sp³-hybridized carbons (Fsp3) is 0.100. The highest BCUT2D eigenvalue weighted by atomic mass is 32.2. The monoisotopic (exact) mass is 224 g/mol. The molecule has 0 atom stereocenters. The van der Waals surface area contributed by atoms with Crippen molar-refractivity contribution < 1.29 is 18.3 Å². The molecule has 0 saturated carbocycles. The molecule has 1 aliphatic rings. The van der Waals surface area contributed by atoms with Gasteiger partial charge in [-0.1, -0.05) is 18.2 Å². The van der Waals surface area contributed by atoms with Crippen molar-refractivity contribution in [2.45, 2.75) is 11.3 Å². The van der Waals surface area contributed by atoms with Crippen LogP contribution in [0, 0.1) is 0 Å². The van der Waals surface area contributed by atoms with Gasteiger partial charge in [0.1, 0.15) is 0 Å². The molecule has 1 heterocycles. The van der Waals surface area contributed by atoms with Gasteiger partial charge in [-0.2, -0.15) is 0 Å². The van der Waals surface area contributed by atoms with E-state index in [1.54, 1.807) is 18.2 Å². The number of fused-ring (bicyclic) bond motifs is 1. The predicted octanol–water partition coefficient (Wildman–Crippen LogP) is 1.29. The van der Waals surface area contributed by atoms with Gasteiger partial charge in [-0.05, 0) is 17.7 Å². The second-order valence-electron chi connectivity index (χ2n) is 3.22. The van der Waals surface area contributed by atoms with Crippen molar-refractivity contribution in [3.05, 3.63) is 34.7 Å². The van der Waals surface area contributed by atoms with Gasteiger partial charge >= 0.3 is 5.97 Å². The van der Waals surface area contributed by atoms with Gasteiger partial charge in [0.05, 0.1) is 16.2 Å². The van der Waals surface area contributed by atoms with Crippen molar-refractivity contribution in [1.29, 1.82) is 0 Å². The Kier molecular flexibility index (Phi) is 2.12. The van der Waals surface area contributed by atoms with E-state index in [-0.39, 0.29) is 9.80 Å². The number of carboxylic acids is 1. The van der Waals surface area contributed by atoms with Gasteiger partial charge in [0.15, 0.2) is 0 Å². The first kappa shape index (κ1) is 9.92. The molecule has 0 spiro atoms. The van der Waals surface area contributed by atoms with Gasteiger partial charge in [0.25, 0.3) is 0 Å². The Balaban J connectivity index is 2.54. The number of rotatable bonds is 2. The van der Waals surface area contributed by atoms with Crippen LogP contribution in [0.3, 0.4) is 0 Å². The predicted molar refractivity (Wildman–Crippen MR) is 53.9 cm³/mol. The van der Waals surface area contributed by atoms with Crippen LogP contribution in [0.2, 0.25) is 0 Å². The summed E-state index contributed by atoms with van der Waals surface area (Å²) in [5.41, 5.74) is 0.564. The maximum Gasteiger partial charge on any atom is 0.308 e. The number of hydrogen-bond donors (Lipinski definition) is 1. The fourth-order valence-corrected chi connectivity index (χ4v) is 3.10. The minimum absolute atomic E-state index is 0.0452. The van der Waals surface area contributed by atoms with E-state index in [9.17, 15) is 13.2 Å². The molecule has 0 bridgehead atoms. The van der Waals surface area contributed by atoms with Crippen LogP contribution < -0.4 is 0 Å². The van der Waals surface area contributed by atoms with E-state index in [1.165, 1.54) is 12.1 Å². The van der Waals surface area contributed by atoms with E-state index in [0.717, 1.165) is 0 Å². The minimum atomic E-state index is -3.56. The zero-order valence-electron chi connectivity index (χ0n) is 7.67. The summed E-state index contributed by atoms with van der Waals surface area (Å²) in [6.07, 6.45) is 0.954. The molecule has 1 N–H and O–H groups in total. The van der Waals surface area contributed by atoms with Crippen LogP contribution in [-0.2, 0) is 14.6 Å². The third-order valence-corrected chi connectivity index (χ3v) is 4.10. The molecule has 4 nitrogen and oxygen atoms in total. The number of sulfone groups is 1. The maximum atomic E-state index is 11.8. The first-order chi connectivity index (χ1) is 7.01. The van der Waals surface area contributed by atoms with Crippen LogP contribution in [-0.4, -0.2) is 19.5 Å². The molecule has 0 fully saturated rings. The summed E-state index contributed by atoms with van der Waals surface area (Å²) in [4.78, 5) is 10.6.